The van der Waals surface area contributed by atoms with Crippen LogP contribution in [0.5, 0.6) is 0 Å². The number of hydrogen-bond donors (Lipinski definition) is 1. The van der Waals surface area contributed by atoms with Crippen LogP contribution in [0.3, 0.4) is 0 Å². The van der Waals surface area contributed by atoms with Crippen molar-refractivity contribution in [2.45, 2.75) is 26.9 Å². The molecule has 0 unspecified atom stereocenters. The van der Waals surface area contributed by atoms with Crippen LogP contribution in [0.25, 0.3) is 0 Å². The minimum atomic E-state index is 0.928. The van der Waals surface area contributed by atoms with E-state index in [-0.39, 0.29) is 0 Å². The number of nitrogens with one attached hydrogen (secondary N) is 1. The molecule has 1 N–H and O–H groups in total. The summed E-state index contributed by atoms with van der Waals surface area (Å²) >= 11 is 0. The number of aromatic nitrogens is 4. The molecule has 2 aromatic heterocycles. The van der Waals surface area contributed by atoms with E-state index in [4.69, 9.17) is 0 Å². The van der Waals surface area contributed by atoms with Crippen LogP contribution >= 0.6 is 0 Å². The highest BCUT2D eigenvalue weighted by atomic mass is 15.2. The maximum Gasteiger partial charge on any atom is 0.202 e. The van der Waals surface area contributed by atoms with Crippen LogP contribution in [-0.2, 0) is 13.1 Å². The van der Waals surface area contributed by atoms with Crippen LogP contribution in [0, 0.1) is 0 Å². The van der Waals surface area contributed by atoms with E-state index >= 15 is 0 Å². The number of aryl methyl sites for hydroxylation is 2. The molecule has 2 heterocycles. The fourth-order valence-corrected chi connectivity index (χ4v) is 1.27. The molecule has 0 saturated heterocycles. The van der Waals surface area contributed by atoms with Gasteiger partial charge in [0.15, 0.2) is 0 Å². The van der Waals surface area contributed by atoms with Gasteiger partial charge < -0.3 is 14.5 Å². The monoisotopic (exact) mass is 221 g/mol. The quantitative estimate of drug-likeness (QED) is 0.860. The third kappa shape index (κ3) is 3.42. The van der Waals surface area contributed by atoms with E-state index in [1.165, 1.54) is 0 Å². The molecule has 0 aliphatic heterocycles. The SMILES string of the molecule is CCn1ccnc1.CCn1ccnc1NC. The van der Waals surface area contributed by atoms with Gasteiger partial charge in [-0.15, -0.1) is 0 Å². The summed E-state index contributed by atoms with van der Waals surface area (Å²) < 4.78 is 4.06. The Bertz CT molecular complexity index is 358. The number of nitrogens with zero attached hydrogens (tertiary/aromatic N) is 4. The van der Waals surface area contributed by atoms with Crippen molar-refractivity contribution in [2.24, 2.45) is 0 Å². The Balaban J connectivity index is 0.000000165. The molecule has 2 rings (SSSR count). The lowest BCUT2D eigenvalue weighted by molar-refractivity contribution is 0.761. The standard InChI is InChI=1S/C6H11N3.C5H8N2/c1-3-9-5-4-8-6(9)7-2;1-2-7-4-3-6-5-7/h4-5H,3H2,1-2H3,(H,7,8);3-5H,2H2,1H3. The van der Waals surface area contributed by atoms with Crippen LogP contribution < -0.4 is 5.32 Å². The number of anilines is 1. The minimum Gasteiger partial charge on any atom is -0.359 e. The molecule has 0 aliphatic carbocycles. The fraction of sp³-hybridized carbons (Fsp3) is 0.455. The lowest BCUT2D eigenvalue weighted by Crippen LogP contribution is -2.00. The average molecular weight is 221 g/mol. The molecule has 0 fully saturated rings. The Morgan fingerprint density at radius 2 is 2.00 bits per heavy atom. The van der Waals surface area contributed by atoms with Gasteiger partial charge in [-0.05, 0) is 13.8 Å². The molecular weight excluding hydrogens is 202 g/mol. The Morgan fingerprint density at radius 1 is 1.19 bits per heavy atom. The topological polar surface area (TPSA) is 47.7 Å². The molecule has 0 amide bonds. The molecule has 0 aromatic carbocycles. The molecule has 5 nitrogen and oxygen atoms in total. The number of rotatable bonds is 3. The third-order valence-corrected chi connectivity index (χ3v) is 2.20. The Hall–Kier alpha value is -1.78. The second kappa shape index (κ2) is 6.66. The van der Waals surface area contributed by atoms with Crippen molar-refractivity contribution in [3.05, 3.63) is 31.1 Å². The highest BCUT2D eigenvalue weighted by Crippen LogP contribution is 2.00. The summed E-state index contributed by atoms with van der Waals surface area (Å²) in [7, 11) is 1.87. The molecule has 0 saturated carbocycles. The first-order valence-electron chi connectivity index (χ1n) is 5.46. The van der Waals surface area contributed by atoms with Gasteiger partial charge in [0.05, 0.1) is 6.33 Å². The highest BCUT2D eigenvalue weighted by Gasteiger charge is 1.93. The number of hydrogen-bond acceptors (Lipinski definition) is 3. The van der Waals surface area contributed by atoms with Gasteiger partial charge in [-0.2, -0.15) is 0 Å². The van der Waals surface area contributed by atoms with E-state index in [2.05, 4.69) is 29.1 Å². The summed E-state index contributed by atoms with van der Waals surface area (Å²) in [6.07, 6.45) is 9.27. The normalized spacial score (nSPS) is 9.44. The summed E-state index contributed by atoms with van der Waals surface area (Å²) in [5.41, 5.74) is 0. The van der Waals surface area contributed by atoms with Crippen LogP contribution in [0.15, 0.2) is 31.1 Å². The van der Waals surface area contributed by atoms with E-state index < -0.39 is 0 Å². The maximum atomic E-state index is 4.06. The molecule has 0 atom stereocenters. The van der Waals surface area contributed by atoms with E-state index in [0.29, 0.717) is 0 Å². The second-order valence-corrected chi connectivity index (χ2v) is 3.18. The zero-order chi connectivity index (χ0) is 11.8. The van der Waals surface area contributed by atoms with Crippen molar-refractivity contribution in [1.29, 1.82) is 0 Å². The van der Waals surface area contributed by atoms with Crippen molar-refractivity contribution in [1.82, 2.24) is 19.1 Å². The molecule has 88 valence electrons. The predicted molar refractivity (Wildman–Crippen MR) is 65.3 cm³/mol. The Morgan fingerprint density at radius 3 is 2.38 bits per heavy atom. The van der Waals surface area contributed by atoms with Crippen molar-refractivity contribution < 1.29 is 0 Å². The highest BCUT2D eigenvalue weighted by molar-refractivity contribution is 5.23. The molecule has 2 aromatic rings. The predicted octanol–water partition coefficient (Wildman–Crippen LogP) is 1.85. The van der Waals surface area contributed by atoms with Crippen LogP contribution in [0.1, 0.15) is 13.8 Å². The lowest BCUT2D eigenvalue weighted by Gasteiger charge is -2.00. The van der Waals surface area contributed by atoms with Crippen LogP contribution in [0.2, 0.25) is 0 Å². The second-order valence-electron chi connectivity index (χ2n) is 3.18. The Kier molecular flexibility index (Phi) is 5.11. The first kappa shape index (κ1) is 12.3. The Labute approximate surface area is 96.1 Å². The van der Waals surface area contributed by atoms with E-state index in [9.17, 15) is 0 Å². The molecule has 0 aliphatic rings. The summed E-state index contributed by atoms with van der Waals surface area (Å²) in [5.74, 6) is 0.928. The van der Waals surface area contributed by atoms with Crippen molar-refractivity contribution in [3.63, 3.8) is 0 Å². The van der Waals surface area contributed by atoms with Gasteiger partial charge in [0, 0.05) is 44.9 Å². The van der Waals surface area contributed by atoms with Crippen LogP contribution in [-0.4, -0.2) is 26.1 Å². The minimum absolute atomic E-state index is 0.928. The smallest absolute Gasteiger partial charge is 0.202 e. The first-order chi connectivity index (χ1) is 7.81. The van der Waals surface area contributed by atoms with Gasteiger partial charge in [-0.25, -0.2) is 9.97 Å². The molecule has 0 bridgehead atoms. The fourth-order valence-electron chi connectivity index (χ4n) is 1.27. The van der Waals surface area contributed by atoms with E-state index in [1.54, 1.807) is 18.7 Å². The molecule has 5 heteroatoms. The molecule has 0 spiro atoms. The molecule has 16 heavy (non-hydrogen) atoms. The zero-order valence-electron chi connectivity index (χ0n) is 10.1. The van der Waals surface area contributed by atoms with Gasteiger partial charge >= 0.3 is 0 Å². The van der Waals surface area contributed by atoms with E-state index in [0.717, 1.165) is 19.0 Å². The maximum absolute atomic E-state index is 4.06. The third-order valence-electron chi connectivity index (χ3n) is 2.20. The summed E-state index contributed by atoms with van der Waals surface area (Å²) in [4.78, 5) is 7.91. The van der Waals surface area contributed by atoms with Gasteiger partial charge in [-0.3, -0.25) is 0 Å². The van der Waals surface area contributed by atoms with Crippen molar-refractivity contribution >= 4 is 5.95 Å². The van der Waals surface area contributed by atoms with Crippen LogP contribution in [0.4, 0.5) is 5.95 Å². The van der Waals surface area contributed by atoms with Crippen molar-refractivity contribution in [2.75, 3.05) is 12.4 Å². The van der Waals surface area contributed by atoms with Gasteiger partial charge in [0.25, 0.3) is 0 Å². The van der Waals surface area contributed by atoms with Crippen molar-refractivity contribution in [3.8, 4) is 0 Å². The van der Waals surface area contributed by atoms with Gasteiger partial charge in [0.1, 0.15) is 0 Å². The first-order valence-corrected chi connectivity index (χ1v) is 5.46. The zero-order valence-corrected chi connectivity index (χ0v) is 10.1. The van der Waals surface area contributed by atoms with E-state index in [1.807, 2.05) is 28.6 Å². The molecule has 0 radical (unpaired) electrons. The number of imidazole rings is 2. The molecular formula is C11H19N5. The largest absolute Gasteiger partial charge is 0.359 e. The summed E-state index contributed by atoms with van der Waals surface area (Å²) in [6, 6.07) is 0. The van der Waals surface area contributed by atoms with Gasteiger partial charge in [-0.1, -0.05) is 0 Å². The lowest BCUT2D eigenvalue weighted by atomic mass is 10.7. The summed E-state index contributed by atoms with van der Waals surface area (Å²) in [5, 5.41) is 2.98. The summed E-state index contributed by atoms with van der Waals surface area (Å²) in [6.45, 7) is 6.15. The van der Waals surface area contributed by atoms with Gasteiger partial charge in [0.2, 0.25) is 5.95 Å². The average Bonchev–Trinajstić information content (AvgIpc) is 3.00.